The van der Waals surface area contributed by atoms with Gasteiger partial charge in [-0.2, -0.15) is 0 Å². The molecule has 0 saturated heterocycles. The van der Waals surface area contributed by atoms with Crippen LogP contribution in [0, 0.1) is 11.6 Å². The van der Waals surface area contributed by atoms with E-state index in [-0.39, 0.29) is 12.2 Å². The number of nitrogens with zero attached hydrogens (tertiary/aromatic N) is 4. The molecule has 2 aromatic carbocycles. The van der Waals surface area contributed by atoms with Crippen molar-refractivity contribution >= 4 is 11.6 Å². The number of benzene rings is 2. The fourth-order valence-electron chi connectivity index (χ4n) is 2.83. The van der Waals surface area contributed by atoms with Crippen molar-refractivity contribution in [3.8, 4) is 17.1 Å². The second-order valence-corrected chi connectivity index (χ2v) is 6.07. The average Bonchev–Trinajstić information content (AvgIpc) is 3.37. The molecule has 0 fully saturated rings. The highest BCUT2D eigenvalue weighted by Gasteiger charge is 2.12. The van der Waals surface area contributed by atoms with Gasteiger partial charge >= 0.3 is 0 Å². The Morgan fingerprint density at radius 1 is 1.04 bits per heavy atom. The van der Waals surface area contributed by atoms with Crippen LogP contribution in [-0.2, 0) is 11.3 Å². The van der Waals surface area contributed by atoms with Gasteiger partial charge in [-0.15, -0.1) is 0 Å². The summed E-state index contributed by atoms with van der Waals surface area (Å²) in [5.74, 6) is -1.22. The Bertz CT molecular complexity index is 1100. The van der Waals surface area contributed by atoms with E-state index in [4.69, 9.17) is 0 Å². The molecule has 0 bridgehead atoms. The minimum atomic E-state index is -0.698. The highest BCUT2D eigenvalue weighted by molar-refractivity contribution is 5.91. The van der Waals surface area contributed by atoms with Crippen LogP contribution < -0.4 is 5.32 Å². The van der Waals surface area contributed by atoms with E-state index in [1.54, 1.807) is 29.5 Å². The van der Waals surface area contributed by atoms with Crippen molar-refractivity contribution in [2.45, 2.75) is 6.54 Å². The number of rotatable bonds is 5. The standard InChI is InChI=1S/C20H15F2N5O/c21-15-3-6-17(22)18(11-15)25-19(28)12-26-10-8-24-20(26)14-1-4-16(5-2-14)27-9-7-23-13-27/h1-11,13H,12H2,(H,25,28). The van der Waals surface area contributed by atoms with Gasteiger partial charge in [0, 0.05) is 42.1 Å². The summed E-state index contributed by atoms with van der Waals surface area (Å²) in [4.78, 5) is 20.6. The van der Waals surface area contributed by atoms with Gasteiger partial charge in [0.2, 0.25) is 5.91 Å². The third-order valence-electron chi connectivity index (χ3n) is 4.16. The van der Waals surface area contributed by atoms with Gasteiger partial charge in [-0.25, -0.2) is 18.7 Å². The monoisotopic (exact) mass is 379 g/mol. The summed E-state index contributed by atoms with van der Waals surface area (Å²) in [5, 5.41) is 2.38. The Morgan fingerprint density at radius 3 is 2.61 bits per heavy atom. The van der Waals surface area contributed by atoms with E-state index in [1.807, 2.05) is 35.0 Å². The van der Waals surface area contributed by atoms with Crippen LogP contribution in [-0.4, -0.2) is 25.0 Å². The summed E-state index contributed by atoms with van der Waals surface area (Å²) in [5.41, 5.74) is 1.56. The van der Waals surface area contributed by atoms with Gasteiger partial charge in [-0.1, -0.05) is 0 Å². The first-order valence-electron chi connectivity index (χ1n) is 8.45. The number of hydrogen-bond donors (Lipinski definition) is 1. The van der Waals surface area contributed by atoms with E-state index >= 15 is 0 Å². The topological polar surface area (TPSA) is 64.7 Å². The number of anilines is 1. The van der Waals surface area contributed by atoms with E-state index < -0.39 is 17.5 Å². The first-order valence-corrected chi connectivity index (χ1v) is 8.45. The Balaban J connectivity index is 1.51. The summed E-state index contributed by atoms with van der Waals surface area (Å²) in [6, 6.07) is 10.5. The van der Waals surface area contributed by atoms with Crippen molar-refractivity contribution < 1.29 is 13.6 Å². The molecule has 28 heavy (non-hydrogen) atoms. The maximum absolute atomic E-state index is 13.7. The molecule has 0 aliphatic rings. The second kappa shape index (κ2) is 7.43. The minimum Gasteiger partial charge on any atom is -0.322 e. The van der Waals surface area contributed by atoms with Gasteiger partial charge in [0.1, 0.15) is 24.0 Å². The largest absolute Gasteiger partial charge is 0.322 e. The van der Waals surface area contributed by atoms with Crippen molar-refractivity contribution in [3.05, 3.63) is 85.2 Å². The van der Waals surface area contributed by atoms with Crippen LogP contribution in [0.2, 0.25) is 0 Å². The van der Waals surface area contributed by atoms with Crippen LogP contribution >= 0.6 is 0 Å². The minimum absolute atomic E-state index is 0.0887. The smallest absolute Gasteiger partial charge is 0.244 e. The SMILES string of the molecule is O=C(Cn1ccnc1-c1ccc(-n2ccnc2)cc1)Nc1cc(F)ccc1F. The molecule has 0 radical (unpaired) electrons. The van der Waals surface area contributed by atoms with Crippen LogP contribution in [0.25, 0.3) is 17.1 Å². The van der Waals surface area contributed by atoms with Crippen LogP contribution in [0.4, 0.5) is 14.5 Å². The molecule has 2 heterocycles. The zero-order chi connectivity index (χ0) is 19.5. The third kappa shape index (κ3) is 3.66. The van der Waals surface area contributed by atoms with E-state index in [2.05, 4.69) is 15.3 Å². The Morgan fingerprint density at radius 2 is 1.86 bits per heavy atom. The van der Waals surface area contributed by atoms with E-state index in [9.17, 15) is 13.6 Å². The molecule has 0 spiro atoms. The first kappa shape index (κ1) is 17.6. The average molecular weight is 379 g/mol. The maximum atomic E-state index is 13.7. The van der Waals surface area contributed by atoms with Crippen LogP contribution in [0.3, 0.4) is 0 Å². The summed E-state index contributed by atoms with van der Waals surface area (Å²) >= 11 is 0. The molecule has 0 unspecified atom stereocenters. The van der Waals surface area contributed by atoms with Gasteiger partial charge in [-0.3, -0.25) is 4.79 Å². The number of imidazole rings is 2. The molecule has 2 aromatic heterocycles. The lowest BCUT2D eigenvalue weighted by atomic mass is 10.2. The molecule has 0 saturated carbocycles. The Labute approximate surface area is 159 Å². The van der Waals surface area contributed by atoms with Crippen LogP contribution in [0.15, 0.2) is 73.6 Å². The number of nitrogens with one attached hydrogen (secondary N) is 1. The number of halogens is 2. The molecule has 8 heteroatoms. The summed E-state index contributed by atoms with van der Waals surface area (Å²) in [6.07, 6.45) is 8.47. The zero-order valence-corrected chi connectivity index (χ0v) is 14.6. The molecule has 140 valence electrons. The van der Waals surface area contributed by atoms with Crippen molar-refractivity contribution in [2.75, 3.05) is 5.32 Å². The Hall–Kier alpha value is -3.81. The lowest BCUT2D eigenvalue weighted by Gasteiger charge is -2.10. The highest BCUT2D eigenvalue weighted by atomic mass is 19.1. The maximum Gasteiger partial charge on any atom is 0.244 e. The molecule has 0 aliphatic heterocycles. The molecule has 0 atom stereocenters. The molecule has 4 aromatic rings. The van der Waals surface area contributed by atoms with Gasteiger partial charge in [0.25, 0.3) is 0 Å². The van der Waals surface area contributed by atoms with Crippen molar-refractivity contribution in [1.82, 2.24) is 19.1 Å². The summed E-state index contributed by atoms with van der Waals surface area (Å²) < 4.78 is 30.5. The predicted octanol–water partition coefficient (Wildman–Crippen LogP) is 3.65. The van der Waals surface area contributed by atoms with Crippen molar-refractivity contribution in [3.63, 3.8) is 0 Å². The lowest BCUT2D eigenvalue weighted by Crippen LogP contribution is -2.19. The molecular formula is C20H15F2N5O. The van der Waals surface area contributed by atoms with Crippen LogP contribution in [0.1, 0.15) is 0 Å². The van der Waals surface area contributed by atoms with Crippen molar-refractivity contribution in [2.24, 2.45) is 0 Å². The molecule has 0 aliphatic carbocycles. The van der Waals surface area contributed by atoms with Crippen LogP contribution in [0.5, 0.6) is 0 Å². The van der Waals surface area contributed by atoms with Gasteiger partial charge in [-0.05, 0) is 36.4 Å². The second-order valence-electron chi connectivity index (χ2n) is 6.07. The zero-order valence-electron chi connectivity index (χ0n) is 14.6. The van der Waals surface area contributed by atoms with Gasteiger partial charge < -0.3 is 14.5 Å². The third-order valence-corrected chi connectivity index (χ3v) is 4.16. The van der Waals surface area contributed by atoms with E-state index in [1.165, 1.54) is 0 Å². The van der Waals surface area contributed by atoms with Gasteiger partial charge in [0.15, 0.2) is 0 Å². The lowest BCUT2D eigenvalue weighted by molar-refractivity contribution is -0.116. The molecule has 1 amide bonds. The number of carbonyl (C=O) groups is 1. The molecule has 4 rings (SSSR count). The summed E-state index contributed by atoms with van der Waals surface area (Å²) in [6.45, 7) is -0.0887. The number of aromatic nitrogens is 4. The summed E-state index contributed by atoms with van der Waals surface area (Å²) in [7, 11) is 0. The first-order chi connectivity index (χ1) is 13.6. The van der Waals surface area contributed by atoms with E-state index in [0.29, 0.717) is 5.82 Å². The van der Waals surface area contributed by atoms with Gasteiger partial charge in [0.05, 0.1) is 12.0 Å². The molecule has 1 N–H and O–H groups in total. The normalized spacial score (nSPS) is 10.8. The highest BCUT2D eigenvalue weighted by Crippen LogP contribution is 2.20. The quantitative estimate of drug-likeness (QED) is 0.576. The number of carbonyl (C=O) groups excluding carboxylic acids is 1. The fraction of sp³-hybridized carbons (Fsp3) is 0.0500. The molecule has 6 nitrogen and oxygen atoms in total. The molecular weight excluding hydrogens is 364 g/mol. The number of hydrogen-bond acceptors (Lipinski definition) is 3. The Kier molecular flexibility index (Phi) is 4.67. The van der Waals surface area contributed by atoms with Crippen molar-refractivity contribution in [1.29, 1.82) is 0 Å². The van der Waals surface area contributed by atoms with E-state index in [0.717, 1.165) is 29.4 Å². The predicted molar refractivity (Wildman–Crippen MR) is 99.8 cm³/mol. The number of amides is 1. The fourth-order valence-corrected chi connectivity index (χ4v) is 2.83.